The predicted molar refractivity (Wildman–Crippen MR) is 96.4 cm³/mol. The number of phenols is 1. The van der Waals surface area contributed by atoms with Crippen LogP contribution in [0.2, 0.25) is 0 Å². The van der Waals surface area contributed by atoms with Crippen LogP contribution in [0.1, 0.15) is 53.5 Å². The monoisotopic (exact) mass is 367 g/mol. The molecule has 0 saturated heterocycles. The van der Waals surface area contributed by atoms with Gasteiger partial charge in [0.2, 0.25) is 5.79 Å². The molecule has 0 bridgehead atoms. The lowest BCUT2D eigenvalue weighted by molar-refractivity contribution is -0.0432. The van der Waals surface area contributed by atoms with E-state index in [0.717, 1.165) is 0 Å². The fourth-order valence-corrected chi connectivity index (χ4v) is 2.55. The van der Waals surface area contributed by atoms with Crippen molar-refractivity contribution in [3.8, 4) is 17.2 Å². The zero-order chi connectivity index (χ0) is 19.7. The minimum atomic E-state index is -0.809. The highest BCUT2D eigenvalue weighted by molar-refractivity contribution is 5.68. The summed E-state index contributed by atoms with van der Waals surface area (Å²) >= 11 is 0. The SMILES string of the molecule is CC[C@H](O)CN(Cc1cc2c(cc1O)OC(C)(C)O2)C(=O)OC(C)(C)C. The number of rotatable bonds is 5. The second-order valence-electron chi connectivity index (χ2n) is 7.95. The lowest BCUT2D eigenvalue weighted by atomic mass is 10.1. The van der Waals surface area contributed by atoms with Crippen LogP contribution in [0, 0.1) is 0 Å². The first-order chi connectivity index (χ1) is 11.9. The summed E-state index contributed by atoms with van der Waals surface area (Å²) < 4.78 is 16.7. The van der Waals surface area contributed by atoms with Crippen LogP contribution in [0.5, 0.6) is 17.2 Å². The summed E-state index contributed by atoms with van der Waals surface area (Å²) in [7, 11) is 0. The average molecular weight is 367 g/mol. The van der Waals surface area contributed by atoms with Crippen molar-refractivity contribution >= 4 is 6.09 Å². The molecule has 2 N–H and O–H groups in total. The van der Waals surface area contributed by atoms with Gasteiger partial charge in [-0.3, -0.25) is 0 Å². The smallest absolute Gasteiger partial charge is 0.410 e. The molecule has 7 heteroatoms. The number of benzene rings is 1. The summed E-state index contributed by atoms with van der Waals surface area (Å²) in [6.07, 6.45) is -0.736. The molecule has 146 valence electrons. The molecule has 7 nitrogen and oxygen atoms in total. The molecule has 0 aromatic heterocycles. The third-order valence-electron chi connectivity index (χ3n) is 3.77. The van der Waals surface area contributed by atoms with Crippen LogP contribution in [0.4, 0.5) is 4.79 Å². The predicted octanol–water partition coefficient (Wildman–Crippen LogP) is 3.41. The molecular weight excluding hydrogens is 338 g/mol. The van der Waals surface area contributed by atoms with Crippen LogP contribution in [0.15, 0.2) is 12.1 Å². The molecule has 1 aliphatic heterocycles. The fraction of sp³-hybridized carbons (Fsp3) is 0.632. The Bertz CT molecular complexity index is 665. The van der Waals surface area contributed by atoms with E-state index in [-0.39, 0.29) is 18.8 Å². The van der Waals surface area contributed by atoms with E-state index in [2.05, 4.69) is 0 Å². The number of fused-ring (bicyclic) bond motifs is 1. The Hall–Kier alpha value is -2.15. The molecule has 1 aromatic carbocycles. The molecule has 1 aromatic rings. The van der Waals surface area contributed by atoms with Gasteiger partial charge in [0.1, 0.15) is 11.4 Å². The van der Waals surface area contributed by atoms with Gasteiger partial charge >= 0.3 is 6.09 Å². The van der Waals surface area contributed by atoms with E-state index in [4.69, 9.17) is 14.2 Å². The van der Waals surface area contributed by atoms with E-state index in [9.17, 15) is 15.0 Å². The first-order valence-electron chi connectivity index (χ1n) is 8.80. The minimum absolute atomic E-state index is 0.00963. The number of carbonyl (C=O) groups is 1. The molecule has 0 unspecified atom stereocenters. The van der Waals surface area contributed by atoms with Gasteiger partial charge in [0.15, 0.2) is 11.5 Å². The number of ether oxygens (including phenoxy) is 3. The normalized spacial score (nSPS) is 16.3. The summed E-state index contributed by atoms with van der Waals surface area (Å²) in [5, 5.41) is 20.3. The Morgan fingerprint density at radius 3 is 2.38 bits per heavy atom. The van der Waals surface area contributed by atoms with Crippen molar-refractivity contribution in [1.82, 2.24) is 4.90 Å². The zero-order valence-electron chi connectivity index (χ0n) is 16.3. The van der Waals surface area contributed by atoms with E-state index in [1.54, 1.807) is 40.7 Å². The Kier molecular flexibility index (Phi) is 5.61. The highest BCUT2D eigenvalue weighted by atomic mass is 16.7. The lowest BCUT2D eigenvalue weighted by Crippen LogP contribution is -2.40. The Labute approximate surface area is 154 Å². The maximum atomic E-state index is 12.5. The van der Waals surface area contributed by atoms with Gasteiger partial charge in [-0.2, -0.15) is 0 Å². The molecule has 1 aliphatic rings. The van der Waals surface area contributed by atoms with Gasteiger partial charge in [-0.15, -0.1) is 0 Å². The molecule has 0 spiro atoms. The van der Waals surface area contributed by atoms with E-state index < -0.39 is 23.6 Å². The third-order valence-corrected chi connectivity index (χ3v) is 3.77. The molecule has 0 saturated carbocycles. The van der Waals surface area contributed by atoms with Crippen LogP contribution in [-0.4, -0.2) is 45.2 Å². The van der Waals surface area contributed by atoms with Crippen molar-refractivity contribution in [3.63, 3.8) is 0 Å². The number of aromatic hydroxyl groups is 1. The van der Waals surface area contributed by atoms with Crippen molar-refractivity contribution in [3.05, 3.63) is 17.7 Å². The van der Waals surface area contributed by atoms with Gasteiger partial charge in [-0.1, -0.05) is 6.92 Å². The van der Waals surface area contributed by atoms with Crippen molar-refractivity contribution in [2.24, 2.45) is 0 Å². The van der Waals surface area contributed by atoms with Crippen molar-refractivity contribution in [2.45, 2.75) is 72.0 Å². The molecule has 0 fully saturated rings. The highest BCUT2D eigenvalue weighted by Gasteiger charge is 2.33. The Morgan fingerprint density at radius 1 is 1.27 bits per heavy atom. The van der Waals surface area contributed by atoms with Gasteiger partial charge in [0.05, 0.1) is 19.2 Å². The highest BCUT2D eigenvalue weighted by Crippen LogP contribution is 2.43. The van der Waals surface area contributed by atoms with Crippen LogP contribution in [0.3, 0.4) is 0 Å². The van der Waals surface area contributed by atoms with Crippen LogP contribution in [0.25, 0.3) is 0 Å². The number of aliphatic hydroxyl groups excluding tert-OH is 1. The minimum Gasteiger partial charge on any atom is -0.507 e. The quantitative estimate of drug-likeness (QED) is 0.829. The molecule has 1 atom stereocenters. The number of hydrogen-bond acceptors (Lipinski definition) is 6. The van der Waals surface area contributed by atoms with Crippen molar-refractivity contribution in [2.75, 3.05) is 6.54 Å². The van der Waals surface area contributed by atoms with Gasteiger partial charge in [-0.05, 0) is 33.3 Å². The van der Waals surface area contributed by atoms with Crippen molar-refractivity contribution in [1.29, 1.82) is 0 Å². The molecular formula is C19H29NO6. The fourth-order valence-electron chi connectivity index (χ4n) is 2.55. The molecule has 1 heterocycles. The zero-order valence-corrected chi connectivity index (χ0v) is 16.3. The molecule has 2 rings (SSSR count). The first kappa shape index (κ1) is 20.2. The first-order valence-corrected chi connectivity index (χ1v) is 8.80. The Morgan fingerprint density at radius 2 is 1.85 bits per heavy atom. The van der Waals surface area contributed by atoms with Crippen LogP contribution < -0.4 is 9.47 Å². The number of aliphatic hydroxyl groups is 1. The van der Waals surface area contributed by atoms with Gasteiger partial charge in [0, 0.05) is 25.5 Å². The topological polar surface area (TPSA) is 88.5 Å². The summed E-state index contributed by atoms with van der Waals surface area (Å²) in [5.74, 6) is 0.137. The summed E-state index contributed by atoms with van der Waals surface area (Å²) in [4.78, 5) is 13.9. The van der Waals surface area contributed by atoms with E-state index >= 15 is 0 Å². The standard InChI is InChI=1S/C19H29NO6/c1-7-13(21)11-20(17(23)26-18(2,3)4)10-12-8-15-16(9-14(12)22)25-19(5,6)24-15/h8-9,13,21-22H,7,10-11H2,1-6H3/t13-/m0/s1. The Balaban J connectivity index is 2.24. The van der Waals surface area contributed by atoms with Crippen molar-refractivity contribution < 1.29 is 29.2 Å². The third kappa shape index (κ3) is 5.17. The number of carbonyl (C=O) groups excluding carboxylic acids is 1. The number of phenolic OH excluding ortho intramolecular Hbond substituents is 1. The van der Waals surface area contributed by atoms with Crippen LogP contribution >= 0.6 is 0 Å². The summed E-state index contributed by atoms with van der Waals surface area (Å²) in [6.45, 7) is 10.9. The summed E-state index contributed by atoms with van der Waals surface area (Å²) in [5.41, 5.74) is -0.174. The van der Waals surface area contributed by atoms with Gasteiger partial charge < -0.3 is 29.3 Å². The number of hydrogen-bond donors (Lipinski definition) is 2. The number of amides is 1. The maximum Gasteiger partial charge on any atom is 0.410 e. The maximum absolute atomic E-state index is 12.5. The lowest BCUT2D eigenvalue weighted by Gasteiger charge is -2.29. The molecule has 0 aliphatic carbocycles. The second-order valence-corrected chi connectivity index (χ2v) is 7.95. The number of nitrogens with zero attached hydrogens (tertiary/aromatic N) is 1. The van der Waals surface area contributed by atoms with E-state index in [1.807, 2.05) is 6.92 Å². The van der Waals surface area contributed by atoms with Gasteiger partial charge in [-0.25, -0.2) is 4.79 Å². The van der Waals surface area contributed by atoms with E-state index in [1.165, 1.54) is 11.0 Å². The summed E-state index contributed by atoms with van der Waals surface area (Å²) in [6, 6.07) is 3.12. The largest absolute Gasteiger partial charge is 0.507 e. The molecule has 26 heavy (non-hydrogen) atoms. The average Bonchev–Trinajstić information content (AvgIpc) is 2.77. The van der Waals surface area contributed by atoms with E-state index in [0.29, 0.717) is 23.5 Å². The second kappa shape index (κ2) is 7.23. The van der Waals surface area contributed by atoms with Gasteiger partial charge in [0.25, 0.3) is 0 Å². The van der Waals surface area contributed by atoms with Crippen LogP contribution in [-0.2, 0) is 11.3 Å². The molecule has 0 radical (unpaired) electrons. The molecule has 1 amide bonds.